The van der Waals surface area contributed by atoms with Crippen molar-refractivity contribution in [2.24, 2.45) is 0 Å². The molecule has 1 aromatic carbocycles. The van der Waals surface area contributed by atoms with Crippen molar-refractivity contribution < 1.29 is 4.74 Å². The van der Waals surface area contributed by atoms with Gasteiger partial charge in [-0.05, 0) is 25.1 Å². The molecule has 1 aliphatic rings. The van der Waals surface area contributed by atoms with Crippen LogP contribution < -0.4 is 10.1 Å². The summed E-state index contributed by atoms with van der Waals surface area (Å²) in [6, 6.07) is 6.06. The van der Waals surface area contributed by atoms with Crippen LogP contribution in [0.2, 0.25) is 0 Å². The van der Waals surface area contributed by atoms with Crippen molar-refractivity contribution in [3.63, 3.8) is 0 Å². The van der Waals surface area contributed by atoms with Crippen LogP contribution in [-0.2, 0) is 12.0 Å². The molecule has 0 spiro atoms. The van der Waals surface area contributed by atoms with Gasteiger partial charge < -0.3 is 15.0 Å². The summed E-state index contributed by atoms with van der Waals surface area (Å²) in [5.74, 6) is 0.869. The number of hydrogen-bond acceptors (Lipinski definition) is 3. The molecule has 1 unspecified atom stereocenters. The third-order valence-corrected chi connectivity index (χ3v) is 4.24. The first-order valence-corrected chi connectivity index (χ1v) is 7.06. The van der Waals surface area contributed by atoms with E-state index >= 15 is 0 Å². The number of benzene rings is 1. The lowest BCUT2D eigenvalue weighted by Gasteiger charge is -2.35. The highest BCUT2D eigenvalue weighted by Gasteiger charge is 2.38. The van der Waals surface area contributed by atoms with Crippen molar-refractivity contribution in [2.45, 2.75) is 18.9 Å². The lowest BCUT2D eigenvalue weighted by atomic mass is 9.84. The topological polar surface area (TPSA) is 49.9 Å². The third kappa shape index (κ3) is 1.97. The van der Waals surface area contributed by atoms with Gasteiger partial charge >= 0.3 is 0 Å². The molecule has 0 bridgehead atoms. The van der Waals surface area contributed by atoms with E-state index < -0.39 is 0 Å². The van der Waals surface area contributed by atoms with Gasteiger partial charge in [0.15, 0.2) is 0 Å². The van der Waals surface area contributed by atoms with Crippen molar-refractivity contribution in [3.05, 3.63) is 46.0 Å². The summed E-state index contributed by atoms with van der Waals surface area (Å²) in [6.45, 7) is 3.07. The minimum absolute atomic E-state index is 0.331. The minimum atomic E-state index is -0.331. The van der Waals surface area contributed by atoms with Crippen LogP contribution in [-0.4, -0.2) is 23.6 Å². The number of aromatic amines is 1. The molecule has 19 heavy (non-hydrogen) atoms. The van der Waals surface area contributed by atoms with Gasteiger partial charge in [-0.25, -0.2) is 4.98 Å². The Hall–Kier alpha value is -1.33. The number of fused-ring (bicyclic) bond motifs is 1. The fourth-order valence-corrected chi connectivity index (χ4v) is 3.12. The monoisotopic (exact) mass is 321 g/mol. The molecule has 2 heterocycles. The van der Waals surface area contributed by atoms with Crippen molar-refractivity contribution in [2.75, 3.05) is 13.7 Å². The molecule has 5 heteroatoms. The zero-order chi connectivity index (χ0) is 13.5. The maximum Gasteiger partial charge on any atom is 0.124 e. The molecule has 0 aliphatic carbocycles. The van der Waals surface area contributed by atoms with Gasteiger partial charge in [-0.15, -0.1) is 0 Å². The molecule has 4 nitrogen and oxygen atoms in total. The van der Waals surface area contributed by atoms with Gasteiger partial charge in [0.25, 0.3) is 0 Å². The molecular weight excluding hydrogens is 306 g/mol. The molecular formula is C14H16BrN3O. The Balaban J connectivity index is 2.19. The number of aromatic nitrogens is 2. The Labute approximate surface area is 120 Å². The van der Waals surface area contributed by atoms with Crippen LogP contribution in [0.15, 0.2) is 29.0 Å². The normalized spacial score (nSPS) is 22.1. The number of hydrogen-bond donors (Lipinski definition) is 2. The number of rotatable bonds is 2. The molecule has 100 valence electrons. The number of nitrogens with zero attached hydrogens (tertiary/aromatic N) is 1. The summed E-state index contributed by atoms with van der Waals surface area (Å²) in [7, 11) is 1.70. The van der Waals surface area contributed by atoms with Crippen LogP contribution in [0, 0.1) is 0 Å². The van der Waals surface area contributed by atoms with E-state index in [1.807, 2.05) is 12.1 Å². The summed E-state index contributed by atoms with van der Waals surface area (Å²) in [5.41, 5.74) is 3.01. The second-order valence-corrected chi connectivity index (χ2v) is 5.79. The van der Waals surface area contributed by atoms with E-state index in [0.29, 0.717) is 0 Å². The van der Waals surface area contributed by atoms with Gasteiger partial charge in [-0.2, -0.15) is 0 Å². The minimum Gasteiger partial charge on any atom is -0.496 e. The van der Waals surface area contributed by atoms with E-state index in [2.05, 4.69) is 44.2 Å². The van der Waals surface area contributed by atoms with E-state index in [0.717, 1.165) is 34.4 Å². The highest BCUT2D eigenvalue weighted by Crippen LogP contribution is 2.38. The first kappa shape index (κ1) is 12.7. The number of nitrogens with one attached hydrogen (secondary N) is 2. The van der Waals surface area contributed by atoms with Crippen LogP contribution in [0.5, 0.6) is 5.75 Å². The maximum atomic E-state index is 5.51. The highest BCUT2D eigenvalue weighted by atomic mass is 79.9. The van der Waals surface area contributed by atoms with Crippen LogP contribution in [0.4, 0.5) is 0 Å². The largest absolute Gasteiger partial charge is 0.496 e. The number of ether oxygens (including phenoxy) is 1. The first-order chi connectivity index (χ1) is 9.15. The molecule has 2 aromatic rings. The average molecular weight is 322 g/mol. The van der Waals surface area contributed by atoms with Gasteiger partial charge in [0.1, 0.15) is 5.75 Å². The predicted octanol–water partition coefficient (Wildman–Crippen LogP) is 2.59. The molecule has 0 fully saturated rings. The van der Waals surface area contributed by atoms with Crippen LogP contribution in [0.3, 0.4) is 0 Å². The van der Waals surface area contributed by atoms with Gasteiger partial charge in [0.2, 0.25) is 0 Å². The molecule has 0 radical (unpaired) electrons. The Kier molecular flexibility index (Phi) is 3.11. The third-order valence-electron chi connectivity index (χ3n) is 3.75. The van der Waals surface area contributed by atoms with Crippen LogP contribution in [0.1, 0.15) is 23.9 Å². The number of H-pyrrole nitrogens is 1. The second-order valence-electron chi connectivity index (χ2n) is 4.88. The van der Waals surface area contributed by atoms with E-state index in [4.69, 9.17) is 4.74 Å². The van der Waals surface area contributed by atoms with Gasteiger partial charge in [-0.1, -0.05) is 15.9 Å². The number of methoxy groups -OCH3 is 1. The molecule has 2 N–H and O–H groups in total. The summed E-state index contributed by atoms with van der Waals surface area (Å²) in [5, 5.41) is 3.57. The SMILES string of the molecule is COc1ccc(Br)cc1C1(C)NCCc2[nH]cnc21. The van der Waals surface area contributed by atoms with Crippen molar-refractivity contribution >= 4 is 15.9 Å². The molecule has 3 rings (SSSR count). The fraction of sp³-hybridized carbons (Fsp3) is 0.357. The molecule has 0 saturated carbocycles. The number of halogens is 1. The average Bonchev–Trinajstić information content (AvgIpc) is 2.89. The fourth-order valence-electron chi connectivity index (χ4n) is 2.76. The zero-order valence-electron chi connectivity index (χ0n) is 11.0. The Morgan fingerprint density at radius 1 is 1.42 bits per heavy atom. The first-order valence-electron chi connectivity index (χ1n) is 6.27. The molecule has 1 atom stereocenters. The van der Waals surface area contributed by atoms with Gasteiger partial charge in [0, 0.05) is 28.7 Å². The highest BCUT2D eigenvalue weighted by molar-refractivity contribution is 9.10. The maximum absolute atomic E-state index is 5.51. The summed E-state index contributed by atoms with van der Waals surface area (Å²) >= 11 is 3.54. The predicted molar refractivity (Wildman–Crippen MR) is 77.4 cm³/mol. The Morgan fingerprint density at radius 2 is 2.26 bits per heavy atom. The van der Waals surface area contributed by atoms with E-state index in [1.165, 1.54) is 5.69 Å². The Bertz CT molecular complexity index is 610. The van der Waals surface area contributed by atoms with Gasteiger partial charge in [0.05, 0.1) is 24.7 Å². The van der Waals surface area contributed by atoms with Crippen LogP contribution >= 0.6 is 15.9 Å². The van der Waals surface area contributed by atoms with Crippen molar-refractivity contribution in [1.82, 2.24) is 15.3 Å². The van der Waals surface area contributed by atoms with Crippen molar-refractivity contribution in [1.29, 1.82) is 0 Å². The van der Waals surface area contributed by atoms with E-state index in [9.17, 15) is 0 Å². The van der Waals surface area contributed by atoms with Gasteiger partial charge in [-0.3, -0.25) is 0 Å². The Morgan fingerprint density at radius 3 is 3.05 bits per heavy atom. The summed E-state index contributed by atoms with van der Waals surface area (Å²) in [6.07, 6.45) is 2.74. The quantitative estimate of drug-likeness (QED) is 0.893. The zero-order valence-corrected chi connectivity index (χ0v) is 12.5. The molecule has 0 amide bonds. The molecule has 1 aromatic heterocycles. The molecule has 1 aliphatic heterocycles. The van der Waals surface area contributed by atoms with Crippen LogP contribution in [0.25, 0.3) is 0 Å². The number of imidazole rings is 1. The standard InChI is InChI=1S/C14H16BrN3O/c1-14(10-7-9(15)3-4-12(10)19-2)13-11(5-6-18-14)16-8-17-13/h3-4,7-8,18H,5-6H2,1-2H3,(H,16,17). The summed E-state index contributed by atoms with van der Waals surface area (Å²) in [4.78, 5) is 7.73. The second kappa shape index (κ2) is 4.65. The smallest absolute Gasteiger partial charge is 0.124 e. The summed E-state index contributed by atoms with van der Waals surface area (Å²) < 4.78 is 6.55. The van der Waals surface area contributed by atoms with Crippen molar-refractivity contribution in [3.8, 4) is 5.75 Å². The van der Waals surface area contributed by atoms with E-state index in [-0.39, 0.29) is 5.54 Å². The lowest BCUT2D eigenvalue weighted by molar-refractivity contribution is 0.361. The lowest BCUT2D eigenvalue weighted by Crippen LogP contribution is -2.46. The van der Waals surface area contributed by atoms with E-state index in [1.54, 1.807) is 13.4 Å². The molecule has 0 saturated heterocycles.